The number of unbranched alkanes of at least 4 members (excludes halogenated alkanes) is 2. The molecule has 2 saturated carbocycles. The van der Waals surface area contributed by atoms with Gasteiger partial charge in [0.2, 0.25) is 0 Å². The summed E-state index contributed by atoms with van der Waals surface area (Å²) in [5.74, 6) is 3.92. The minimum absolute atomic E-state index is 0.798. The Labute approximate surface area is 179 Å². The quantitative estimate of drug-likeness (QED) is 0.413. The van der Waals surface area contributed by atoms with Crippen molar-refractivity contribution in [1.82, 2.24) is 0 Å². The van der Waals surface area contributed by atoms with E-state index >= 15 is 0 Å². The molecule has 0 N–H and O–H groups in total. The Bertz CT molecular complexity index is 757. The van der Waals surface area contributed by atoms with Gasteiger partial charge in [-0.2, -0.15) is 0 Å². The van der Waals surface area contributed by atoms with Crippen LogP contribution in [0.2, 0.25) is 0 Å². The molecule has 0 aliphatic heterocycles. The lowest BCUT2D eigenvalue weighted by molar-refractivity contribution is 0.155. The monoisotopic (exact) mass is 390 g/mol. The van der Waals surface area contributed by atoms with Crippen molar-refractivity contribution in [2.24, 2.45) is 17.8 Å². The van der Waals surface area contributed by atoms with E-state index in [1.165, 1.54) is 93.4 Å². The maximum absolute atomic E-state index is 2.49. The van der Waals surface area contributed by atoms with Crippen molar-refractivity contribution in [3.05, 3.63) is 47.5 Å². The molecule has 0 heterocycles. The molecule has 0 spiro atoms. The molecular weight excluding hydrogens is 348 g/mol. The van der Waals surface area contributed by atoms with Gasteiger partial charge in [-0.15, -0.1) is 0 Å². The number of benzene rings is 2. The molecule has 2 aromatic carbocycles. The zero-order chi connectivity index (χ0) is 20.1. The lowest BCUT2D eigenvalue weighted by atomic mass is 9.68. The molecule has 0 nitrogen and oxygen atoms in total. The first-order valence-corrected chi connectivity index (χ1v) is 12.8. The molecular formula is C29H42. The van der Waals surface area contributed by atoms with Crippen LogP contribution in [0.15, 0.2) is 36.4 Å². The third kappa shape index (κ3) is 5.25. The van der Waals surface area contributed by atoms with E-state index in [1.807, 2.05) is 0 Å². The molecule has 2 fully saturated rings. The van der Waals surface area contributed by atoms with Gasteiger partial charge in [-0.3, -0.25) is 0 Å². The van der Waals surface area contributed by atoms with Gasteiger partial charge >= 0.3 is 0 Å². The maximum atomic E-state index is 2.49. The van der Waals surface area contributed by atoms with Crippen molar-refractivity contribution in [2.75, 3.05) is 0 Å². The van der Waals surface area contributed by atoms with Crippen molar-refractivity contribution in [2.45, 2.75) is 103 Å². The van der Waals surface area contributed by atoms with Crippen LogP contribution in [-0.2, 0) is 6.42 Å². The summed E-state index contributed by atoms with van der Waals surface area (Å²) >= 11 is 0. The highest BCUT2D eigenvalue weighted by molar-refractivity contribution is 5.84. The number of rotatable bonds is 7. The lowest BCUT2D eigenvalue weighted by Gasteiger charge is -2.38. The Morgan fingerprint density at radius 1 is 0.690 bits per heavy atom. The fraction of sp³-hybridized carbons (Fsp3) is 0.655. The van der Waals surface area contributed by atoms with Crippen molar-refractivity contribution >= 4 is 10.8 Å². The topological polar surface area (TPSA) is 0 Å². The Morgan fingerprint density at radius 2 is 1.34 bits per heavy atom. The molecule has 0 atom stereocenters. The van der Waals surface area contributed by atoms with E-state index in [0.29, 0.717) is 0 Å². The van der Waals surface area contributed by atoms with E-state index < -0.39 is 0 Å². The van der Waals surface area contributed by atoms with Gasteiger partial charge in [0.05, 0.1) is 0 Å². The smallest absolute Gasteiger partial charge is 0.0162 e. The summed E-state index contributed by atoms with van der Waals surface area (Å²) in [7, 11) is 0. The standard InChI is InChI=1S/C29H42/c1-3-5-6-7-23-9-11-24(12-10-23)25-14-16-26(17-15-25)28-19-18-27-20-22(4-2)8-13-29(27)21-28/h8,13,18-21,23-26H,3-7,9-12,14-17H2,1-2H3. The third-order valence-corrected chi connectivity index (χ3v) is 8.35. The fourth-order valence-electron chi connectivity index (χ4n) is 6.34. The predicted octanol–water partition coefficient (Wildman–Crippen LogP) is 9.06. The van der Waals surface area contributed by atoms with Crippen LogP contribution in [0.4, 0.5) is 0 Å². The van der Waals surface area contributed by atoms with Crippen molar-refractivity contribution in [1.29, 1.82) is 0 Å². The lowest BCUT2D eigenvalue weighted by Crippen LogP contribution is -2.25. The first-order valence-electron chi connectivity index (χ1n) is 12.8. The SMILES string of the molecule is CCCCCC1CCC(C2CCC(c3ccc4cc(CC)ccc4c3)CC2)CC1. The Balaban J connectivity index is 1.28. The first-order chi connectivity index (χ1) is 14.3. The average molecular weight is 391 g/mol. The van der Waals surface area contributed by atoms with E-state index in [4.69, 9.17) is 0 Å². The average Bonchev–Trinajstić information content (AvgIpc) is 2.79. The summed E-state index contributed by atoms with van der Waals surface area (Å²) in [4.78, 5) is 0. The molecule has 29 heavy (non-hydrogen) atoms. The van der Waals surface area contributed by atoms with Crippen LogP contribution < -0.4 is 0 Å². The van der Waals surface area contributed by atoms with Crippen LogP contribution in [0, 0.1) is 17.8 Å². The van der Waals surface area contributed by atoms with E-state index in [-0.39, 0.29) is 0 Å². The van der Waals surface area contributed by atoms with Gasteiger partial charge in [0, 0.05) is 0 Å². The molecule has 0 amide bonds. The molecule has 0 unspecified atom stereocenters. The molecule has 2 aromatic rings. The van der Waals surface area contributed by atoms with E-state index in [1.54, 1.807) is 5.56 Å². The van der Waals surface area contributed by atoms with Gasteiger partial charge in [-0.05, 0) is 90.5 Å². The zero-order valence-electron chi connectivity index (χ0n) is 19.0. The third-order valence-electron chi connectivity index (χ3n) is 8.35. The summed E-state index contributed by atoms with van der Waals surface area (Å²) in [5.41, 5.74) is 3.05. The summed E-state index contributed by atoms with van der Waals surface area (Å²) in [5, 5.41) is 2.85. The number of fused-ring (bicyclic) bond motifs is 1. The van der Waals surface area contributed by atoms with Gasteiger partial charge in [0.15, 0.2) is 0 Å². The van der Waals surface area contributed by atoms with Crippen LogP contribution in [0.5, 0.6) is 0 Å². The highest BCUT2D eigenvalue weighted by Crippen LogP contribution is 2.44. The highest BCUT2D eigenvalue weighted by atomic mass is 14.4. The van der Waals surface area contributed by atoms with Crippen molar-refractivity contribution in [3.63, 3.8) is 0 Å². The normalized spacial score (nSPS) is 27.9. The molecule has 4 rings (SSSR count). The molecule has 0 bridgehead atoms. The Hall–Kier alpha value is -1.30. The predicted molar refractivity (Wildman–Crippen MR) is 128 cm³/mol. The largest absolute Gasteiger partial charge is 0.0654 e. The van der Waals surface area contributed by atoms with Gasteiger partial charge in [-0.1, -0.05) is 88.8 Å². The number of hydrogen-bond acceptors (Lipinski definition) is 0. The minimum atomic E-state index is 0.798. The van der Waals surface area contributed by atoms with Gasteiger partial charge in [0.1, 0.15) is 0 Å². The molecule has 0 aromatic heterocycles. The molecule has 2 aliphatic carbocycles. The maximum Gasteiger partial charge on any atom is -0.0162 e. The molecule has 158 valence electrons. The van der Waals surface area contributed by atoms with Crippen LogP contribution in [0.3, 0.4) is 0 Å². The summed E-state index contributed by atoms with van der Waals surface area (Å²) < 4.78 is 0. The van der Waals surface area contributed by atoms with Gasteiger partial charge < -0.3 is 0 Å². The molecule has 2 aliphatic rings. The Kier molecular flexibility index (Phi) is 7.33. The highest BCUT2D eigenvalue weighted by Gasteiger charge is 2.31. The second kappa shape index (κ2) is 10.1. The van der Waals surface area contributed by atoms with Crippen molar-refractivity contribution < 1.29 is 0 Å². The second-order valence-corrected chi connectivity index (χ2v) is 10.2. The first kappa shape index (κ1) is 21.0. The van der Waals surface area contributed by atoms with Gasteiger partial charge in [-0.25, -0.2) is 0 Å². The van der Waals surface area contributed by atoms with Crippen LogP contribution in [0.25, 0.3) is 10.8 Å². The molecule has 0 radical (unpaired) electrons. The van der Waals surface area contributed by atoms with Crippen molar-refractivity contribution in [3.8, 4) is 0 Å². The Morgan fingerprint density at radius 3 is 2.03 bits per heavy atom. The zero-order valence-corrected chi connectivity index (χ0v) is 19.0. The van der Waals surface area contributed by atoms with E-state index in [9.17, 15) is 0 Å². The minimum Gasteiger partial charge on any atom is -0.0654 e. The second-order valence-electron chi connectivity index (χ2n) is 10.2. The van der Waals surface area contributed by atoms with Gasteiger partial charge in [0.25, 0.3) is 0 Å². The molecule has 0 heteroatoms. The van der Waals surface area contributed by atoms with Crippen LogP contribution in [0.1, 0.15) is 108 Å². The number of aryl methyl sites for hydroxylation is 1. The van der Waals surface area contributed by atoms with E-state index in [0.717, 1.165) is 30.1 Å². The fourth-order valence-corrected chi connectivity index (χ4v) is 6.34. The summed E-state index contributed by atoms with van der Waals surface area (Å²) in [6.07, 6.45) is 18.8. The van der Waals surface area contributed by atoms with Crippen LogP contribution >= 0.6 is 0 Å². The number of hydrogen-bond donors (Lipinski definition) is 0. The van der Waals surface area contributed by atoms with Crippen LogP contribution in [-0.4, -0.2) is 0 Å². The molecule has 0 saturated heterocycles. The summed E-state index contributed by atoms with van der Waals surface area (Å²) in [6, 6.07) is 14.3. The summed E-state index contributed by atoms with van der Waals surface area (Å²) in [6.45, 7) is 4.57. The van der Waals surface area contributed by atoms with E-state index in [2.05, 4.69) is 50.2 Å².